The van der Waals surface area contributed by atoms with E-state index in [1.54, 1.807) is 6.07 Å². The van der Waals surface area contributed by atoms with E-state index < -0.39 is 5.41 Å². The van der Waals surface area contributed by atoms with Crippen LogP contribution in [0.15, 0.2) is 48.5 Å². The monoisotopic (exact) mass is 365 g/mol. The van der Waals surface area contributed by atoms with Crippen LogP contribution in [0.4, 0.5) is 10.1 Å². The van der Waals surface area contributed by atoms with Crippen molar-refractivity contribution >= 4 is 11.6 Å². The molecule has 2 aromatic carbocycles. The molecule has 138 valence electrons. The van der Waals surface area contributed by atoms with Crippen molar-refractivity contribution in [3.63, 3.8) is 0 Å². The number of carbonyl (C=O) groups excluding carboxylic acids is 1. The van der Waals surface area contributed by atoms with Gasteiger partial charge in [0.25, 0.3) is 0 Å². The van der Waals surface area contributed by atoms with Gasteiger partial charge in [-0.2, -0.15) is 5.10 Å². The highest BCUT2D eigenvalue weighted by Crippen LogP contribution is 2.44. The van der Waals surface area contributed by atoms with Crippen LogP contribution in [0.3, 0.4) is 0 Å². The zero-order valence-electron chi connectivity index (χ0n) is 14.7. The highest BCUT2D eigenvalue weighted by molar-refractivity contribution is 6.00. The fourth-order valence-corrected chi connectivity index (χ4v) is 3.43. The molecule has 0 radical (unpaired) electrons. The quantitative estimate of drug-likeness (QED) is 0.647. The molecule has 0 saturated heterocycles. The number of anilines is 1. The fourth-order valence-electron chi connectivity index (χ4n) is 3.43. The van der Waals surface area contributed by atoms with Gasteiger partial charge in [-0.3, -0.25) is 9.89 Å². The molecule has 27 heavy (non-hydrogen) atoms. The smallest absolute Gasteiger partial charge is 0.235 e. The Labute approximate surface area is 156 Å². The molecule has 0 spiro atoms. The topological polar surface area (TPSA) is 96.7 Å². The molecule has 4 rings (SSSR count). The van der Waals surface area contributed by atoms with Gasteiger partial charge in [0.1, 0.15) is 11.6 Å². The summed E-state index contributed by atoms with van der Waals surface area (Å²) in [6, 6.07) is 13.6. The minimum atomic E-state index is -0.652. The Morgan fingerprint density at radius 3 is 2.59 bits per heavy atom. The Morgan fingerprint density at radius 1 is 1.22 bits per heavy atom. The van der Waals surface area contributed by atoms with E-state index in [9.17, 15) is 9.18 Å². The van der Waals surface area contributed by atoms with Crippen molar-refractivity contribution in [2.75, 3.05) is 5.32 Å². The van der Waals surface area contributed by atoms with Crippen LogP contribution in [0.5, 0.6) is 0 Å². The van der Waals surface area contributed by atoms with Crippen molar-refractivity contribution in [2.45, 2.75) is 31.2 Å². The molecular weight excluding hydrogens is 345 g/mol. The molecule has 0 bridgehead atoms. The van der Waals surface area contributed by atoms with Crippen LogP contribution in [0.1, 0.15) is 30.7 Å². The Bertz CT molecular complexity index is 963. The van der Waals surface area contributed by atoms with E-state index >= 15 is 0 Å². The summed E-state index contributed by atoms with van der Waals surface area (Å²) in [4.78, 5) is 17.2. The van der Waals surface area contributed by atoms with Gasteiger partial charge in [-0.25, -0.2) is 9.37 Å². The zero-order chi connectivity index (χ0) is 18.9. The van der Waals surface area contributed by atoms with Crippen LogP contribution in [0, 0.1) is 5.82 Å². The number of hydrogen-bond donors (Lipinski definition) is 3. The number of nitrogens with zero attached hydrogens (tertiary/aromatic N) is 2. The van der Waals surface area contributed by atoms with Crippen LogP contribution in [-0.4, -0.2) is 21.1 Å². The molecule has 1 aromatic heterocycles. The normalized spacial score (nSPS) is 15.2. The number of aromatic nitrogens is 3. The van der Waals surface area contributed by atoms with E-state index in [0.717, 1.165) is 30.4 Å². The third-order valence-electron chi connectivity index (χ3n) is 5.14. The van der Waals surface area contributed by atoms with Gasteiger partial charge in [-0.15, -0.1) is 0 Å². The summed E-state index contributed by atoms with van der Waals surface area (Å²) in [7, 11) is 0. The SMILES string of the molecule is NCc1nc(-c2ccc(NC(=O)C3(c4cccc(F)c4)CCC3)cc2)n[nH]1. The number of H-pyrrole nitrogens is 1. The molecule has 1 fully saturated rings. The molecule has 3 aromatic rings. The van der Waals surface area contributed by atoms with Crippen molar-refractivity contribution in [1.82, 2.24) is 15.2 Å². The summed E-state index contributed by atoms with van der Waals surface area (Å²) >= 11 is 0. The van der Waals surface area contributed by atoms with E-state index in [-0.39, 0.29) is 11.7 Å². The lowest BCUT2D eigenvalue weighted by Gasteiger charge is -2.40. The molecule has 4 N–H and O–H groups in total. The average molecular weight is 365 g/mol. The van der Waals surface area contributed by atoms with Crippen LogP contribution < -0.4 is 11.1 Å². The molecule has 1 amide bonds. The predicted molar refractivity (Wildman–Crippen MR) is 100 cm³/mol. The molecule has 0 atom stereocenters. The largest absolute Gasteiger partial charge is 0.325 e. The molecule has 1 aliphatic carbocycles. The molecule has 6 nitrogen and oxygen atoms in total. The van der Waals surface area contributed by atoms with Gasteiger partial charge < -0.3 is 11.1 Å². The second kappa shape index (κ2) is 6.92. The number of aromatic amines is 1. The fraction of sp³-hybridized carbons (Fsp3) is 0.250. The van der Waals surface area contributed by atoms with Gasteiger partial charge in [-0.05, 0) is 54.8 Å². The molecule has 0 aliphatic heterocycles. The van der Waals surface area contributed by atoms with Crippen molar-refractivity contribution in [2.24, 2.45) is 5.73 Å². The summed E-state index contributed by atoms with van der Waals surface area (Å²) < 4.78 is 13.6. The number of hydrogen-bond acceptors (Lipinski definition) is 4. The summed E-state index contributed by atoms with van der Waals surface area (Å²) in [5.74, 6) is 0.752. The standard InChI is InChI=1S/C20H20FN5O/c21-15-4-1-3-14(11-15)20(9-2-10-20)19(27)23-16-7-5-13(6-8-16)18-24-17(12-22)25-26-18/h1,3-8,11H,2,9-10,12,22H2,(H,23,27)(H,24,25,26). The lowest BCUT2D eigenvalue weighted by Crippen LogP contribution is -2.46. The van der Waals surface area contributed by atoms with Gasteiger partial charge in [0.15, 0.2) is 5.82 Å². The number of nitrogens with one attached hydrogen (secondary N) is 2. The van der Waals surface area contributed by atoms with E-state index in [4.69, 9.17) is 5.73 Å². The first-order valence-corrected chi connectivity index (χ1v) is 8.90. The third-order valence-corrected chi connectivity index (χ3v) is 5.14. The number of benzene rings is 2. The van der Waals surface area contributed by atoms with Gasteiger partial charge in [0.05, 0.1) is 12.0 Å². The molecular formula is C20H20FN5O. The third kappa shape index (κ3) is 3.21. The number of nitrogens with two attached hydrogens (primary N) is 1. The lowest BCUT2D eigenvalue weighted by molar-refractivity contribution is -0.124. The van der Waals surface area contributed by atoms with Crippen LogP contribution in [0.25, 0.3) is 11.4 Å². The van der Waals surface area contributed by atoms with Crippen LogP contribution in [-0.2, 0) is 16.8 Å². The number of carbonyl (C=O) groups is 1. The highest BCUT2D eigenvalue weighted by Gasteiger charge is 2.45. The number of halogens is 1. The Kier molecular flexibility index (Phi) is 4.45. The molecule has 1 heterocycles. The molecule has 7 heteroatoms. The minimum absolute atomic E-state index is 0.101. The van der Waals surface area contributed by atoms with E-state index in [0.29, 0.717) is 23.9 Å². The number of amides is 1. The maximum Gasteiger partial charge on any atom is 0.235 e. The Morgan fingerprint density at radius 2 is 2.00 bits per heavy atom. The van der Waals surface area contributed by atoms with Gasteiger partial charge in [0.2, 0.25) is 5.91 Å². The summed E-state index contributed by atoms with van der Waals surface area (Å²) in [5.41, 5.74) is 7.12. The minimum Gasteiger partial charge on any atom is -0.325 e. The molecule has 1 aliphatic rings. The molecule has 0 unspecified atom stereocenters. The summed E-state index contributed by atoms with van der Waals surface area (Å²) in [6.45, 7) is 0.295. The second-order valence-electron chi connectivity index (χ2n) is 6.79. The first-order valence-electron chi connectivity index (χ1n) is 8.90. The van der Waals surface area contributed by atoms with E-state index in [1.807, 2.05) is 30.3 Å². The van der Waals surface area contributed by atoms with Gasteiger partial charge >= 0.3 is 0 Å². The maximum absolute atomic E-state index is 13.6. The highest BCUT2D eigenvalue weighted by atomic mass is 19.1. The van der Waals surface area contributed by atoms with Gasteiger partial charge in [0, 0.05) is 11.3 Å². The Hall–Kier alpha value is -3.06. The van der Waals surface area contributed by atoms with Crippen LogP contribution >= 0.6 is 0 Å². The van der Waals surface area contributed by atoms with E-state index in [1.165, 1.54) is 12.1 Å². The first kappa shape index (κ1) is 17.4. The summed E-state index contributed by atoms with van der Waals surface area (Å²) in [6.07, 6.45) is 2.40. The van der Waals surface area contributed by atoms with Crippen LogP contribution in [0.2, 0.25) is 0 Å². The van der Waals surface area contributed by atoms with E-state index in [2.05, 4.69) is 20.5 Å². The second-order valence-corrected chi connectivity index (χ2v) is 6.79. The van der Waals surface area contributed by atoms with Crippen molar-refractivity contribution in [1.29, 1.82) is 0 Å². The lowest BCUT2D eigenvalue weighted by atomic mass is 9.63. The van der Waals surface area contributed by atoms with Crippen molar-refractivity contribution < 1.29 is 9.18 Å². The maximum atomic E-state index is 13.6. The molecule has 1 saturated carbocycles. The first-order chi connectivity index (χ1) is 13.1. The van der Waals surface area contributed by atoms with Crippen molar-refractivity contribution in [3.8, 4) is 11.4 Å². The Balaban J connectivity index is 1.52. The average Bonchev–Trinajstić information content (AvgIpc) is 3.11. The van der Waals surface area contributed by atoms with Crippen molar-refractivity contribution in [3.05, 3.63) is 65.7 Å². The van der Waals surface area contributed by atoms with Gasteiger partial charge in [-0.1, -0.05) is 18.6 Å². The zero-order valence-corrected chi connectivity index (χ0v) is 14.7. The summed E-state index contributed by atoms with van der Waals surface area (Å²) in [5, 5.41) is 9.86. The number of rotatable bonds is 5. The predicted octanol–water partition coefficient (Wildman–Crippen LogP) is 3.13.